The van der Waals surface area contributed by atoms with Gasteiger partial charge in [-0.25, -0.2) is 18.1 Å². The van der Waals surface area contributed by atoms with Gasteiger partial charge in [-0.05, 0) is 18.7 Å². The fraction of sp³-hybridized carbons (Fsp3) is 0.412. The number of nitrogens with one attached hydrogen (secondary N) is 2. The van der Waals surface area contributed by atoms with Crippen molar-refractivity contribution in [3.05, 3.63) is 39.9 Å². The predicted octanol–water partition coefficient (Wildman–Crippen LogP) is 2.48. The molecule has 3 rings (SSSR count). The number of likely N-dealkylation sites (N-methyl/N-ethyl adjacent to an activating group) is 1. The number of anilines is 1. The van der Waals surface area contributed by atoms with Crippen LogP contribution >= 0.6 is 22.9 Å². The van der Waals surface area contributed by atoms with Crippen LogP contribution < -0.4 is 10.0 Å². The molecule has 0 saturated carbocycles. The van der Waals surface area contributed by atoms with Crippen LogP contribution in [-0.4, -0.2) is 43.8 Å². The molecule has 0 atom stereocenters. The first-order chi connectivity index (χ1) is 12.9. The summed E-state index contributed by atoms with van der Waals surface area (Å²) in [6.45, 7) is 4.93. The number of aromatic nitrogens is 1. The van der Waals surface area contributed by atoms with Crippen LogP contribution in [0.4, 0.5) is 5.13 Å². The molecule has 0 fully saturated rings. The number of nitrogens with zero attached hydrogens (tertiary/aromatic N) is 2. The van der Waals surface area contributed by atoms with Gasteiger partial charge in [0.05, 0.1) is 10.7 Å². The van der Waals surface area contributed by atoms with Crippen molar-refractivity contribution < 1.29 is 13.2 Å². The van der Waals surface area contributed by atoms with E-state index in [9.17, 15) is 13.2 Å². The molecule has 0 saturated heterocycles. The maximum atomic E-state index is 12.2. The Labute approximate surface area is 167 Å². The Morgan fingerprint density at radius 1 is 1.37 bits per heavy atom. The zero-order chi connectivity index (χ0) is 19.4. The quantitative estimate of drug-likeness (QED) is 0.706. The van der Waals surface area contributed by atoms with Gasteiger partial charge in [0.2, 0.25) is 15.9 Å². The van der Waals surface area contributed by atoms with E-state index in [0.29, 0.717) is 5.13 Å². The summed E-state index contributed by atoms with van der Waals surface area (Å²) in [5, 5.41) is 3.47. The molecule has 0 aliphatic carbocycles. The molecule has 2 N–H and O–H groups in total. The number of fused-ring (bicyclic) bond motifs is 1. The molecular formula is C17H21ClN4O3S2. The third-order valence-electron chi connectivity index (χ3n) is 4.27. The second-order valence-corrected chi connectivity index (χ2v) is 9.36. The highest BCUT2D eigenvalue weighted by atomic mass is 35.5. The van der Waals surface area contributed by atoms with E-state index in [1.54, 1.807) is 12.1 Å². The van der Waals surface area contributed by atoms with Gasteiger partial charge in [0.1, 0.15) is 4.90 Å². The molecule has 1 aromatic heterocycles. The molecule has 1 amide bonds. The number of hydrogen-bond donors (Lipinski definition) is 2. The Kier molecular flexibility index (Phi) is 6.48. The first-order valence-electron chi connectivity index (χ1n) is 8.64. The van der Waals surface area contributed by atoms with E-state index in [0.717, 1.165) is 31.7 Å². The molecule has 0 unspecified atom stereocenters. The van der Waals surface area contributed by atoms with E-state index < -0.39 is 10.0 Å². The van der Waals surface area contributed by atoms with E-state index in [1.165, 1.54) is 28.3 Å². The zero-order valence-electron chi connectivity index (χ0n) is 14.9. The highest BCUT2D eigenvalue weighted by Gasteiger charge is 2.21. The van der Waals surface area contributed by atoms with Crippen LogP contribution in [0.3, 0.4) is 0 Å². The Bertz CT molecular complexity index is 930. The highest BCUT2D eigenvalue weighted by molar-refractivity contribution is 7.89. The Balaban J connectivity index is 1.52. The largest absolute Gasteiger partial charge is 0.302 e. The van der Waals surface area contributed by atoms with E-state index in [2.05, 4.69) is 26.8 Å². The molecule has 1 aliphatic heterocycles. The second-order valence-electron chi connectivity index (χ2n) is 6.13. The number of sulfonamides is 1. The first-order valence-corrected chi connectivity index (χ1v) is 11.3. The summed E-state index contributed by atoms with van der Waals surface area (Å²) in [5.74, 6) is -0.282. The van der Waals surface area contributed by atoms with Crippen LogP contribution in [0.15, 0.2) is 29.2 Å². The molecule has 0 radical (unpaired) electrons. The van der Waals surface area contributed by atoms with Crippen LogP contribution in [0.5, 0.6) is 0 Å². The molecule has 27 heavy (non-hydrogen) atoms. The zero-order valence-corrected chi connectivity index (χ0v) is 17.3. The normalized spacial score (nSPS) is 14.7. The van der Waals surface area contributed by atoms with Crippen molar-refractivity contribution in [3.63, 3.8) is 0 Å². The van der Waals surface area contributed by atoms with Crippen molar-refractivity contribution in [1.29, 1.82) is 0 Å². The van der Waals surface area contributed by atoms with Gasteiger partial charge in [-0.1, -0.05) is 30.7 Å². The Morgan fingerprint density at radius 3 is 2.89 bits per heavy atom. The summed E-state index contributed by atoms with van der Waals surface area (Å²) >= 11 is 7.40. The van der Waals surface area contributed by atoms with Crippen LogP contribution in [0.25, 0.3) is 0 Å². The fourth-order valence-corrected chi connectivity index (χ4v) is 5.41. The summed E-state index contributed by atoms with van der Waals surface area (Å²) in [7, 11) is -3.75. The highest BCUT2D eigenvalue weighted by Crippen LogP contribution is 2.28. The number of rotatable bonds is 7. The number of hydrogen-bond acceptors (Lipinski definition) is 6. The average molecular weight is 429 g/mol. The third kappa shape index (κ3) is 5.05. The maximum Gasteiger partial charge on any atom is 0.242 e. The van der Waals surface area contributed by atoms with Gasteiger partial charge < -0.3 is 5.32 Å². The smallest absolute Gasteiger partial charge is 0.242 e. The van der Waals surface area contributed by atoms with Crippen LogP contribution in [0, 0.1) is 0 Å². The molecule has 10 heteroatoms. The fourth-order valence-electron chi connectivity index (χ4n) is 2.79. The summed E-state index contributed by atoms with van der Waals surface area (Å²) < 4.78 is 26.9. The monoisotopic (exact) mass is 428 g/mol. The molecule has 146 valence electrons. The van der Waals surface area contributed by atoms with Gasteiger partial charge in [0, 0.05) is 37.4 Å². The van der Waals surface area contributed by atoms with E-state index in [4.69, 9.17) is 11.6 Å². The van der Waals surface area contributed by atoms with Gasteiger partial charge in [0.25, 0.3) is 0 Å². The maximum absolute atomic E-state index is 12.2. The second kappa shape index (κ2) is 8.66. The number of carbonyl (C=O) groups excluding carboxylic acids is 1. The van der Waals surface area contributed by atoms with E-state index in [1.807, 2.05) is 0 Å². The predicted molar refractivity (Wildman–Crippen MR) is 107 cm³/mol. The summed E-state index contributed by atoms with van der Waals surface area (Å²) in [5.41, 5.74) is 1.04. The van der Waals surface area contributed by atoms with Crippen molar-refractivity contribution in [1.82, 2.24) is 14.6 Å². The van der Waals surface area contributed by atoms with E-state index >= 15 is 0 Å². The topological polar surface area (TPSA) is 91.4 Å². The summed E-state index contributed by atoms with van der Waals surface area (Å²) in [6, 6.07) is 6.18. The minimum Gasteiger partial charge on any atom is -0.302 e. The van der Waals surface area contributed by atoms with Gasteiger partial charge in [0.15, 0.2) is 5.13 Å². The van der Waals surface area contributed by atoms with E-state index in [-0.39, 0.29) is 28.8 Å². The van der Waals surface area contributed by atoms with Crippen LogP contribution in [-0.2, 0) is 27.8 Å². The van der Waals surface area contributed by atoms with Crippen LogP contribution in [0.1, 0.15) is 23.9 Å². The van der Waals surface area contributed by atoms with Gasteiger partial charge in [-0.15, -0.1) is 11.3 Å². The Morgan fingerprint density at radius 2 is 2.15 bits per heavy atom. The van der Waals surface area contributed by atoms with Gasteiger partial charge in [-0.2, -0.15) is 0 Å². The minimum atomic E-state index is -3.75. The molecule has 7 nitrogen and oxygen atoms in total. The lowest BCUT2D eigenvalue weighted by Gasteiger charge is -2.23. The molecule has 1 aromatic carbocycles. The standard InChI is InChI=1S/C17H21ClN4O3S2/c1-2-22-10-8-13-14(11-22)26-17(20-13)21-16(23)7-9-19-27(24,25)15-6-4-3-5-12(15)18/h3-6,19H,2,7-11H2,1H3,(H,20,21,23). The Hall–Kier alpha value is -1.52. The SMILES string of the molecule is CCN1CCc2nc(NC(=O)CCNS(=O)(=O)c3ccccc3Cl)sc2C1. The van der Waals surface area contributed by atoms with Crippen molar-refractivity contribution in [2.75, 3.05) is 25.0 Å². The van der Waals surface area contributed by atoms with Gasteiger partial charge in [-0.3, -0.25) is 9.69 Å². The molecule has 0 bridgehead atoms. The van der Waals surface area contributed by atoms with Gasteiger partial charge >= 0.3 is 0 Å². The third-order valence-corrected chi connectivity index (χ3v) is 7.23. The van der Waals surface area contributed by atoms with Crippen molar-refractivity contribution in [2.45, 2.75) is 31.2 Å². The number of halogens is 1. The number of benzene rings is 1. The molecular weight excluding hydrogens is 408 g/mol. The lowest BCUT2D eigenvalue weighted by Crippen LogP contribution is -2.29. The first kappa shape index (κ1) is 20.2. The van der Waals surface area contributed by atoms with Crippen LogP contribution in [0.2, 0.25) is 5.02 Å². The van der Waals surface area contributed by atoms with Crippen molar-refractivity contribution in [2.24, 2.45) is 0 Å². The molecule has 2 heterocycles. The minimum absolute atomic E-state index is 0.000141. The lowest BCUT2D eigenvalue weighted by molar-refractivity contribution is -0.116. The molecule has 1 aliphatic rings. The summed E-state index contributed by atoms with van der Waals surface area (Å²) in [6.07, 6.45) is 0.891. The molecule has 0 spiro atoms. The average Bonchev–Trinajstić information content (AvgIpc) is 3.02. The number of amides is 1. The van der Waals surface area contributed by atoms with Crippen molar-refractivity contribution in [3.8, 4) is 0 Å². The number of carbonyl (C=O) groups is 1. The lowest BCUT2D eigenvalue weighted by atomic mass is 10.2. The summed E-state index contributed by atoms with van der Waals surface area (Å²) in [4.78, 5) is 20.1. The number of thiazole rings is 1. The molecule has 2 aromatic rings. The van der Waals surface area contributed by atoms with Crippen molar-refractivity contribution >= 4 is 44.0 Å².